The van der Waals surface area contributed by atoms with E-state index in [4.69, 9.17) is 4.74 Å². The Bertz CT molecular complexity index is 372. The first kappa shape index (κ1) is 9.27. The van der Waals surface area contributed by atoms with Crippen LogP contribution in [0.3, 0.4) is 0 Å². The van der Waals surface area contributed by atoms with Crippen LogP contribution in [0.1, 0.15) is 18.4 Å². The zero-order valence-electron chi connectivity index (χ0n) is 7.75. The molecule has 1 fully saturated rings. The van der Waals surface area contributed by atoms with E-state index in [0.717, 1.165) is 0 Å². The highest BCUT2D eigenvalue weighted by atomic mass is 19.1. The normalized spacial score (nSPS) is 17.9. The summed E-state index contributed by atoms with van der Waals surface area (Å²) in [7, 11) is 1.28. The van der Waals surface area contributed by atoms with Gasteiger partial charge in [0, 0.05) is 5.56 Å². The Balaban J connectivity index is 2.53. The number of aromatic hydroxyl groups is 1. The molecule has 0 aliphatic heterocycles. The van der Waals surface area contributed by atoms with Gasteiger partial charge in [0.15, 0.2) is 17.3 Å². The van der Waals surface area contributed by atoms with Crippen LogP contribution in [-0.2, 0) is 5.60 Å². The Hall–Kier alpha value is -1.29. The van der Waals surface area contributed by atoms with Crippen LogP contribution in [0.15, 0.2) is 12.1 Å². The summed E-state index contributed by atoms with van der Waals surface area (Å²) in [5.74, 6) is -1.13. The molecule has 1 aliphatic carbocycles. The molecule has 14 heavy (non-hydrogen) atoms. The Morgan fingerprint density at radius 3 is 2.57 bits per heavy atom. The molecule has 1 aromatic rings. The topological polar surface area (TPSA) is 49.7 Å². The lowest BCUT2D eigenvalue weighted by atomic mass is 10.1. The van der Waals surface area contributed by atoms with Gasteiger partial charge < -0.3 is 14.9 Å². The fourth-order valence-electron chi connectivity index (χ4n) is 1.50. The first-order valence-corrected chi connectivity index (χ1v) is 4.37. The van der Waals surface area contributed by atoms with Crippen LogP contribution in [0, 0.1) is 5.82 Å². The van der Waals surface area contributed by atoms with E-state index < -0.39 is 11.4 Å². The van der Waals surface area contributed by atoms with Gasteiger partial charge in [-0.2, -0.15) is 0 Å². The second-order valence-corrected chi connectivity index (χ2v) is 3.51. The zero-order chi connectivity index (χ0) is 10.3. The molecule has 0 aromatic heterocycles. The summed E-state index contributed by atoms with van der Waals surface area (Å²) in [4.78, 5) is 0. The molecule has 0 amide bonds. The molecule has 0 unspecified atom stereocenters. The molecule has 0 heterocycles. The third-order valence-corrected chi connectivity index (χ3v) is 2.51. The predicted octanol–water partition coefficient (Wildman–Crippen LogP) is 1.52. The number of hydrogen-bond donors (Lipinski definition) is 2. The summed E-state index contributed by atoms with van der Waals surface area (Å²) in [5.41, 5.74) is -0.638. The number of aliphatic hydroxyl groups is 1. The van der Waals surface area contributed by atoms with Gasteiger partial charge in [-0.1, -0.05) is 0 Å². The first-order chi connectivity index (χ1) is 6.58. The quantitative estimate of drug-likeness (QED) is 0.757. The van der Waals surface area contributed by atoms with Gasteiger partial charge in [0.25, 0.3) is 0 Å². The monoisotopic (exact) mass is 198 g/mol. The number of ether oxygens (including phenoxy) is 1. The number of phenols is 1. The maximum absolute atomic E-state index is 13.1. The van der Waals surface area contributed by atoms with Crippen LogP contribution >= 0.6 is 0 Å². The average Bonchev–Trinajstić information content (AvgIpc) is 2.85. The maximum atomic E-state index is 13.1. The Labute approximate surface area is 80.8 Å². The van der Waals surface area contributed by atoms with Crippen LogP contribution in [0.2, 0.25) is 0 Å². The summed E-state index contributed by atoms with van der Waals surface area (Å²) in [6.07, 6.45) is 1.19. The summed E-state index contributed by atoms with van der Waals surface area (Å²) in [6.45, 7) is 0. The van der Waals surface area contributed by atoms with Crippen molar-refractivity contribution in [3.63, 3.8) is 0 Å². The Morgan fingerprint density at radius 1 is 1.43 bits per heavy atom. The van der Waals surface area contributed by atoms with Crippen molar-refractivity contribution in [3.05, 3.63) is 23.5 Å². The van der Waals surface area contributed by atoms with Crippen LogP contribution in [-0.4, -0.2) is 17.3 Å². The number of halogens is 1. The van der Waals surface area contributed by atoms with Crippen LogP contribution in [0.4, 0.5) is 4.39 Å². The van der Waals surface area contributed by atoms with E-state index in [1.54, 1.807) is 0 Å². The van der Waals surface area contributed by atoms with Gasteiger partial charge in [0.1, 0.15) is 0 Å². The summed E-state index contributed by atoms with van der Waals surface area (Å²) >= 11 is 0. The lowest BCUT2D eigenvalue weighted by molar-refractivity contribution is 0.146. The molecule has 0 atom stereocenters. The number of hydrogen-bond acceptors (Lipinski definition) is 3. The molecule has 2 N–H and O–H groups in total. The molecule has 0 saturated heterocycles. The molecule has 0 radical (unpaired) electrons. The van der Waals surface area contributed by atoms with E-state index >= 15 is 0 Å². The van der Waals surface area contributed by atoms with Gasteiger partial charge in [-0.05, 0) is 25.0 Å². The molecular weight excluding hydrogens is 187 g/mol. The Morgan fingerprint density at radius 2 is 2.07 bits per heavy atom. The highest BCUT2D eigenvalue weighted by molar-refractivity contribution is 5.50. The molecule has 1 aromatic carbocycles. The van der Waals surface area contributed by atoms with Crippen LogP contribution < -0.4 is 4.74 Å². The van der Waals surface area contributed by atoms with Gasteiger partial charge in [-0.3, -0.25) is 0 Å². The lowest BCUT2D eigenvalue weighted by Gasteiger charge is -2.13. The third kappa shape index (κ3) is 1.23. The second kappa shape index (κ2) is 2.85. The fourth-order valence-corrected chi connectivity index (χ4v) is 1.50. The van der Waals surface area contributed by atoms with E-state index in [9.17, 15) is 14.6 Å². The molecule has 2 rings (SSSR count). The molecule has 1 saturated carbocycles. The van der Waals surface area contributed by atoms with E-state index in [-0.39, 0.29) is 11.5 Å². The molecule has 3 nitrogen and oxygen atoms in total. The second-order valence-electron chi connectivity index (χ2n) is 3.51. The predicted molar refractivity (Wildman–Crippen MR) is 47.7 cm³/mol. The van der Waals surface area contributed by atoms with Gasteiger partial charge in [0.05, 0.1) is 12.7 Å². The molecule has 4 heteroatoms. The molecule has 0 spiro atoms. The zero-order valence-corrected chi connectivity index (χ0v) is 7.75. The molecule has 76 valence electrons. The Kier molecular flexibility index (Phi) is 1.89. The standard InChI is InChI=1S/C10H11FO3/c1-14-9-7(11)3-2-6(8(9)12)10(13)4-5-10/h2-3,12-13H,4-5H2,1H3. The number of benzene rings is 1. The van der Waals surface area contributed by atoms with Crippen molar-refractivity contribution in [3.8, 4) is 11.5 Å². The first-order valence-electron chi connectivity index (χ1n) is 4.37. The minimum Gasteiger partial charge on any atom is -0.504 e. The van der Waals surface area contributed by atoms with Gasteiger partial charge in [0.2, 0.25) is 0 Å². The van der Waals surface area contributed by atoms with Crippen molar-refractivity contribution in [1.29, 1.82) is 0 Å². The van der Waals surface area contributed by atoms with Gasteiger partial charge in [-0.25, -0.2) is 4.39 Å². The SMILES string of the molecule is COc1c(F)ccc(C2(O)CC2)c1O. The van der Waals surface area contributed by atoms with E-state index in [0.29, 0.717) is 18.4 Å². The number of phenolic OH excluding ortho intramolecular Hbond substituents is 1. The average molecular weight is 198 g/mol. The van der Waals surface area contributed by atoms with E-state index in [1.807, 2.05) is 0 Å². The lowest BCUT2D eigenvalue weighted by Crippen LogP contribution is -2.05. The van der Waals surface area contributed by atoms with E-state index in [1.165, 1.54) is 19.2 Å². The summed E-state index contributed by atoms with van der Waals surface area (Å²) < 4.78 is 17.8. The highest BCUT2D eigenvalue weighted by Gasteiger charge is 2.44. The summed E-state index contributed by atoms with van der Waals surface area (Å²) in [5, 5.41) is 19.4. The largest absolute Gasteiger partial charge is 0.504 e. The fraction of sp³-hybridized carbons (Fsp3) is 0.400. The van der Waals surface area contributed by atoms with Crippen LogP contribution in [0.25, 0.3) is 0 Å². The van der Waals surface area contributed by atoms with Crippen LogP contribution in [0.5, 0.6) is 11.5 Å². The van der Waals surface area contributed by atoms with Crippen molar-refractivity contribution in [2.45, 2.75) is 18.4 Å². The minimum atomic E-state index is -0.981. The summed E-state index contributed by atoms with van der Waals surface area (Å²) in [6, 6.07) is 2.57. The van der Waals surface area contributed by atoms with Crippen molar-refractivity contribution in [2.75, 3.05) is 7.11 Å². The number of rotatable bonds is 2. The molecular formula is C10H11FO3. The minimum absolute atomic E-state index is 0.206. The highest BCUT2D eigenvalue weighted by Crippen LogP contribution is 2.51. The van der Waals surface area contributed by atoms with Crippen molar-refractivity contribution in [1.82, 2.24) is 0 Å². The number of methoxy groups -OCH3 is 1. The van der Waals surface area contributed by atoms with Crippen molar-refractivity contribution < 1.29 is 19.3 Å². The third-order valence-electron chi connectivity index (χ3n) is 2.51. The smallest absolute Gasteiger partial charge is 0.196 e. The van der Waals surface area contributed by atoms with E-state index in [2.05, 4.69) is 0 Å². The molecule has 1 aliphatic rings. The maximum Gasteiger partial charge on any atom is 0.196 e. The van der Waals surface area contributed by atoms with Crippen molar-refractivity contribution >= 4 is 0 Å². The molecule has 0 bridgehead atoms. The van der Waals surface area contributed by atoms with Gasteiger partial charge >= 0.3 is 0 Å². The van der Waals surface area contributed by atoms with Crippen molar-refractivity contribution in [2.24, 2.45) is 0 Å². The van der Waals surface area contributed by atoms with Gasteiger partial charge in [-0.15, -0.1) is 0 Å².